The maximum absolute atomic E-state index is 14.2. The van der Waals surface area contributed by atoms with Crippen molar-refractivity contribution in [2.45, 2.75) is 78.0 Å². The standard InChI is InChI=1S/C50H47F3N6O8S2/c1-28-43(68-27-56-28)34-13-9-29(10-14-34)24-55-45(62)37-22-35(60)26-58(37)47(64)44(49(2,3)4)57-42(61)21-30-7-6-8-33(17-30)25-59-46(63)41(69-48(59)65)20-31-11-16-39(40(19-31)66-5)67-38-15-12-32(23-54)18-36(38)50(51,52)53/h6-20,27,35,37,44,60H,21-22,24-26H2,1-5H3,(H,55,62)(H,57,61)/b41-20-/t35-,37?,44-/m1/s1. The normalized spacial score (nSPS) is 17.2. The number of benzene rings is 4. The van der Waals surface area contributed by atoms with Crippen molar-refractivity contribution in [1.82, 2.24) is 25.4 Å². The Morgan fingerprint density at radius 2 is 1.70 bits per heavy atom. The second kappa shape index (κ2) is 20.7. The number of aryl methyl sites for hydroxylation is 1. The molecule has 69 heavy (non-hydrogen) atoms. The van der Waals surface area contributed by atoms with Gasteiger partial charge in [0.25, 0.3) is 11.1 Å². The first-order valence-electron chi connectivity index (χ1n) is 21.6. The fourth-order valence-electron chi connectivity index (χ4n) is 7.87. The average Bonchev–Trinajstić information content (AvgIpc) is 4.00. The van der Waals surface area contributed by atoms with Crippen LogP contribution in [-0.4, -0.2) is 80.6 Å². The van der Waals surface area contributed by atoms with E-state index in [1.54, 1.807) is 68.0 Å². The predicted octanol–water partition coefficient (Wildman–Crippen LogP) is 8.40. The molecule has 3 heterocycles. The number of ether oxygens (including phenoxy) is 2. The Kier molecular flexibility index (Phi) is 15.0. The zero-order valence-corrected chi connectivity index (χ0v) is 39.7. The minimum absolute atomic E-state index is 0.0352. The molecule has 2 fully saturated rings. The number of carbonyl (C=O) groups excluding carboxylic acids is 5. The smallest absolute Gasteiger partial charge is 0.420 e. The molecule has 14 nitrogen and oxygen atoms in total. The van der Waals surface area contributed by atoms with Crippen LogP contribution in [-0.2, 0) is 44.9 Å². The number of aliphatic hydroxyl groups excluding tert-OH is 1. The van der Waals surface area contributed by atoms with E-state index in [9.17, 15) is 42.3 Å². The van der Waals surface area contributed by atoms with E-state index in [0.717, 1.165) is 32.7 Å². The highest BCUT2D eigenvalue weighted by Crippen LogP contribution is 2.42. The number of nitrogens with one attached hydrogen (secondary N) is 2. The molecule has 4 aromatic carbocycles. The molecule has 2 aliphatic heterocycles. The summed E-state index contributed by atoms with van der Waals surface area (Å²) in [7, 11) is 1.29. The first kappa shape index (κ1) is 49.9. The molecule has 0 bridgehead atoms. The molecule has 1 unspecified atom stereocenters. The largest absolute Gasteiger partial charge is 0.493 e. The minimum atomic E-state index is -4.81. The summed E-state index contributed by atoms with van der Waals surface area (Å²) in [6, 6.07) is 21.3. The van der Waals surface area contributed by atoms with Crippen molar-refractivity contribution in [1.29, 1.82) is 5.26 Å². The summed E-state index contributed by atoms with van der Waals surface area (Å²) in [4.78, 5) is 75.9. The molecule has 3 atom stereocenters. The number of nitrogens with zero attached hydrogens (tertiary/aromatic N) is 4. The summed E-state index contributed by atoms with van der Waals surface area (Å²) in [5.41, 5.74) is 3.91. The van der Waals surface area contributed by atoms with Gasteiger partial charge in [-0.15, -0.1) is 11.3 Å². The number of halogens is 3. The fraction of sp³-hybridized carbons (Fsp3) is 0.300. The fourth-order valence-corrected chi connectivity index (χ4v) is 9.52. The van der Waals surface area contributed by atoms with Gasteiger partial charge in [-0.2, -0.15) is 18.4 Å². The van der Waals surface area contributed by atoms with E-state index in [4.69, 9.17) is 14.7 Å². The van der Waals surface area contributed by atoms with E-state index in [-0.39, 0.29) is 54.4 Å². The number of thiazole rings is 1. The van der Waals surface area contributed by atoms with E-state index in [1.807, 2.05) is 31.2 Å². The molecule has 0 spiro atoms. The SMILES string of the molecule is COc1cc(/C=C2\SC(=O)N(Cc3cccc(CC(=O)N[C@H](C(=O)N4C[C@H](O)CC4C(=O)NCc4ccc(-c5scnc5C)cc4)C(C)(C)C)c3)C2=O)ccc1Oc1ccc(C#N)cc1C(F)(F)F. The van der Waals surface area contributed by atoms with Gasteiger partial charge in [-0.25, -0.2) is 4.98 Å². The van der Waals surface area contributed by atoms with Crippen molar-refractivity contribution in [3.8, 4) is 33.8 Å². The second-order valence-corrected chi connectivity index (χ2v) is 19.4. The summed E-state index contributed by atoms with van der Waals surface area (Å²) in [6.45, 7) is 7.30. The van der Waals surface area contributed by atoms with Crippen LogP contribution in [0.3, 0.4) is 0 Å². The summed E-state index contributed by atoms with van der Waals surface area (Å²) in [6.07, 6.45) is -4.43. The lowest BCUT2D eigenvalue weighted by Gasteiger charge is -2.35. The molecule has 7 rings (SSSR count). The number of hydrogen-bond acceptors (Lipinski definition) is 12. The van der Waals surface area contributed by atoms with Gasteiger partial charge in [0.15, 0.2) is 11.5 Å². The van der Waals surface area contributed by atoms with Crippen LogP contribution in [0.2, 0.25) is 0 Å². The van der Waals surface area contributed by atoms with Crippen molar-refractivity contribution in [2.75, 3.05) is 13.7 Å². The van der Waals surface area contributed by atoms with Gasteiger partial charge in [-0.1, -0.05) is 75.4 Å². The number of imide groups is 1. The Hall–Kier alpha value is -7.01. The van der Waals surface area contributed by atoms with Crippen LogP contribution in [0, 0.1) is 23.7 Å². The lowest BCUT2D eigenvalue weighted by atomic mass is 9.85. The number of methoxy groups -OCH3 is 1. The Morgan fingerprint density at radius 1 is 0.971 bits per heavy atom. The van der Waals surface area contributed by atoms with Gasteiger partial charge in [0.1, 0.15) is 17.8 Å². The minimum Gasteiger partial charge on any atom is -0.493 e. The number of carbonyl (C=O) groups is 5. The molecule has 358 valence electrons. The summed E-state index contributed by atoms with van der Waals surface area (Å²) in [5.74, 6) is -2.59. The molecule has 19 heteroatoms. The zero-order valence-electron chi connectivity index (χ0n) is 38.0. The highest BCUT2D eigenvalue weighted by molar-refractivity contribution is 8.18. The Morgan fingerprint density at radius 3 is 2.36 bits per heavy atom. The van der Waals surface area contributed by atoms with Crippen molar-refractivity contribution in [2.24, 2.45) is 5.41 Å². The van der Waals surface area contributed by atoms with Crippen molar-refractivity contribution >= 4 is 58.0 Å². The number of aliphatic hydroxyl groups is 1. The van der Waals surface area contributed by atoms with Crippen LogP contribution >= 0.6 is 23.1 Å². The third kappa shape index (κ3) is 11.8. The van der Waals surface area contributed by atoms with E-state index >= 15 is 0 Å². The molecular formula is C50H47F3N6O8S2. The predicted molar refractivity (Wildman–Crippen MR) is 253 cm³/mol. The molecule has 5 amide bonds. The Balaban J connectivity index is 0.970. The van der Waals surface area contributed by atoms with Crippen molar-refractivity contribution in [3.63, 3.8) is 0 Å². The molecule has 1 aromatic heterocycles. The molecule has 2 aliphatic rings. The van der Waals surface area contributed by atoms with Gasteiger partial charge in [0, 0.05) is 19.5 Å². The topological polar surface area (TPSA) is 191 Å². The summed E-state index contributed by atoms with van der Waals surface area (Å²) >= 11 is 2.24. The average molecular weight is 981 g/mol. The quantitative estimate of drug-likeness (QED) is 0.0906. The molecule has 0 saturated carbocycles. The number of β-amino-alcohol motifs (C(OH)–C–C–N with tert-alkyl or cyclic N) is 1. The molecule has 5 aromatic rings. The van der Waals surface area contributed by atoms with Gasteiger partial charge in [0.05, 0.1) is 64.4 Å². The van der Waals surface area contributed by atoms with Crippen LogP contribution in [0.25, 0.3) is 16.5 Å². The van der Waals surface area contributed by atoms with Crippen molar-refractivity contribution < 1.29 is 51.7 Å². The third-order valence-electron chi connectivity index (χ3n) is 11.4. The molecular weight excluding hydrogens is 934 g/mol. The van der Waals surface area contributed by atoms with Gasteiger partial charge in [-0.3, -0.25) is 28.9 Å². The van der Waals surface area contributed by atoms with E-state index < -0.39 is 70.0 Å². The maximum atomic E-state index is 14.2. The van der Waals surface area contributed by atoms with Crippen LogP contribution in [0.5, 0.6) is 17.2 Å². The number of rotatable bonds is 14. The number of nitriles is 1. The zero-order chi connectivity index (χ0) is 49.8. The van der Waals surface area contributed by atoms with Crippen LogP contribution in [0.4, 0.5) is 18.0 Å². The number of aromatic nitrogens is 1. The monoisotopic (exact) mass is 980 g/mol. The molecule has 2 saturated heterocycles. The first-order valence-corrected chi connectivity index (χ1v) is 23.3. The number of hydrogen-bond donors (Lipinski definition) is 3. The number of thioether (sulfide) groups is 1. The molecule has 0 radical (unpaired) electrons. The van der Waals surface area contributed by atoms with Gasteiger partial charge >= 0.3 is 6.18 Å². The number of likely N-dealkylation sites (tertiary alicyclic amines) is 1. The lowest BCUT2D eigenvalue weighted by molar-refractivity contribution is -0.144. The van der Waals surface area contributed by atoms with E-state index in [1.165, 1.54) is 42.4 Å². The Labute approximate surface area is 404 Å². The van der Waals surface area contributed by atoms with Crippen LogP contribution in [0.1, 0.15) is 66.3 Å². The van der Waals surface area contributed by atoms with Gasteiger partial charge < -0.3 is 30.1 Å². The molecule has 3 N–H and O–H groups in total. The lowest BCUT2D eigenvalue weighted by Crippen LogP contribution is -2.58. The number of alkyl halides is 3. The highest BCUT2D eigenvalue weighted by Gasteiger charge is 2.44. The second-order valence-electron chi connectivity index (χ2n) is 17.5. The maximum Gasteiger partial charge on any atom is 0.420 e. The Bertz CT molecular complexity index is 2870. The molecule has 0 aliphatic carbocycles. The first-order chi connectivity index (χ1) is 32.7. The highest BCUT2D eigenvalue weighted by atomic mass is 32.2. The summed E-state index contributed by atoms with van der Waals surface area (Å²) < 4.78 is 52.3. The third-order valence-corrected chi connectivity index (χ3v) is 13.3. The summed E-state index contributed by atoms with van der Waals surface area (Å²) in [5, 5.41) is 24.9. The van der Waals surface area contributed by atoms with Gasteiger partial charge in [-0.05, 0) is 88.3 Å². The van der Waals surface area contributed by atoms with Gasteiger partial charge in [0.2, 0.25) is 17.7 Å². The van der Waals surface area contributed by atoms with Crippen LogP contribution < -0.4 is 20.1 Å². The van der Waals surface area contributed by atoms with Crippen LogP contribution in [0.15, 0.2) is 95.3 Å². The van der Waals surface area contributed by atoms with E-state index in [2.05, 4.69) is 15.6 Å². The number of amides is 5. The van der Waals surface area contributed by atoms with Crippen molar-refractivity contribution in [3.05, 3.63) is 134 Å². The van der Waals surface area contributed by atoms with E-state index in [0.29, 0.717) is 34.5 Å².